The van der Waals surface area contributed by atoms with Gasteiger partial charge in [0.15, 0.2) is 0 Å². The van der Waals surface area contributed by atoms with Crippen molar-refractivity contribution in [2.24, 2.45) is 5.73 Å². The lowest BCUT2D eigenvalue weighted by Crippen LogP contribution is -2.51. The van der Waals surface area contributed by atoms with Gasteiger partial charge in [0.1, 0.15) is 0 Å². The summed E-state index contributed by atoms with van der Waals surface area (Å²) < 4.78 is 0. The molecule has 2 rings (SSSR count). The summed E-state index contributed by atoms with van der Waals surface area (Å²) in [6, 6.07) is 9.50. The number of piperazine rings is 1. The summed E-state index contributed by atoms with van der Waals surface area (Å²) in [5.74, 6) is 0. The highest BCUT2D eigenvalue weighted by atomic mass is 15.3. The molecule has 1 heterocycles. The van der Waals surface area contributed by atoms with Crippen LogP contribution in [0.4, 0.5) is 0 Å². The number of aryl methyl sites for hydroxylation is 1. The van der Waals surface area contributed by atoms with Crippen LogP contribution in [0.3, 0.4) is 0 Å². The van der Waals surface area contributed by atoms with Crippen LogP contribution in [-0.2, 0) is 0 Å². The number of nitrogens with zero attached hydrogens (tertiary/aromatic N) is 2. The topological polar surface area (TPSA) is 32.5 Å². The third kappa shape index (κ3) is 4.05. The Morgan fingerprint density at radius 1 is 1.25 bits per heavy atom. The number of nitrogens with two attached hydrogens (primary N) is 1. The molecule has 0 bridgehead atoms. The van der Waals surface area contributed by atoms with Crippen molar-refractivity contribution in [3.63, 3.8) is 0 Å². The molecule has 0 aliphatic carbocycles. The fourth-order valence-electron chi connectivity index (χ4n) is 2.96. The maximum atomic E-state index is 6.32. The highest BCUT2D eigenvalue weighted by Gasteiger charge is 2.22. The number of rotatable bonds is 5. The molecule has 2 atom stereocenters. The quantitative estimate of drug-likeness (QED) is 0.895. The van der Waals surface area contributed by atoms with Gasteiger partial charge in [0.2, 0.25) is 0 Å². The van der Waals surface area contributed by atoms with E-state index in [4.69, 9.17) is 5.73 Å². The summed E-state index contributed by atoms with van der Waals surface area (Å²) in [6.07, 6.45) is 2.28. The second-order valence-corrected chi connectivity index (χ2v) is 6.15. The Morgan fingerprint density at radius 2 is 1.95 bits per heavy atom. The average molecular weight is 275 g/mol. The van der Waals surface area contributed by atoms with E-state index >= 15 is 0 Å². The molecule has 1 aliphatic rings. The summed E-state index contributed by atoms with van der Waals surface area (Å²) in [5, 5.41) is 0. The Kier molecular flexibility index (Phi) is 5.58. The minimum absolute atomic E-state index is 0.162. The van der Waals surface area contributed by atoms with Gasteiger partial charge in [-0.25, -0.2) is 0 Å². The Morgan fingerprint density at radius 3 is 2.60 bits per heavy atom. The first-order valence-corrected chi connectivity index (χ1v) is 7.85. The van der Waals surface area contributed by atoms with Crippen molar-refractivity contribution in [1.82, 2.24) is 9.80 Å². The van der Waals surface area contributed by atoms with Crippen molar-refractivity contribution in [3.8, 4) is 0 Å². The van der Waals surface area contributed by atoms with Crippen LogP contribution < -0.4 is 5.73 Å². The zero-order valence-corrected chi connectivity index (χ0v) is 13.2. The smallest absolute Gasteiger partial charge is 0.0307 e. The predicted octanol–water partition coefficient (Wildman–Crippen LogP) is 2.41. The zero-order chi connectivity index (χ0) is 14.5. The maximum Gasteiger partial charge on any atom is 0.0307 e. The van der Waals surface area contributed by atoms with Gasteiger partial charge in [-0.1, -0.05) is 36.8 Å². The first-order valence-electron chi connectivity index (χ1n) is 7.85. The molecule has 112 valence electrons. The van der Waals surface area contributed by atoms with Crippen LogP contribution >= 0.6 is 0 Å². The van der Waals surface area contributed by atoms with E-state index in [0.29, 0.717) is 6.04 Å². The molecular formula is C17H29N3. The minimum Gasteiger partial charge on any atom is -0.324 e. The molecule has 2 N–H and O–H groups in total. The molecule has 0 amide bonds. The van der Waals surface area contributed by atoms with Crippen molar-refractivity contribution in [3.05, 3.63) is 35.4 Å². The number of hydrogen-bond acceptors (Lipinski definition) is 3. The fraction of sp³-hybridized carbons (Fsp3) is 0.647. The van der Waals surface area contributed by atoms with Crippen molar-refractivity contribution in [2.45, 2.75) is 38.8 Å². The molecule has 0 aromatic heterocycles. The second-order valence-electron chi connectivity index (χ2n) is 6.15. The molecule has 0 radical (unpaired) electrons. The predicted molar refractivity (Wildman–Crippen MR) is 85.9 cm³/mol. The normalized spacial score (nSPS) is 22.9. The summed E-state index contributed by atoms with van der Waals surface area (Å²) in [6.45, 7) is 9.05. The Labute approximate surface area is 123 Å². The molecule has 1 aromatic rings. The second kappa shape index (κ2) is 7.21. The summed E-state index contributed by atoms with van der Waals surface area (Å²) in [5.41, 5.74) is 8.88. The summed E-state index contributed by atoms with van der Waals surface area (Å²) >= 11 is 0. The van der Waals surface area contributed by atoms with E-state index in [9.17, 15) is 0 Å². The molecule has 3 heteroatoms. The van der Waals surface area contributed by atoms with Gasteiger partial charge in [-0.2, -0.15) is 0 Å². The van der Waals surface area contributed by atoms with Gasteiger partial charge in [0.05, 0.1) is 0 Å². The molecule has 1 aliphatic heterocycles. The highest BCUT2D eigenvalue weighted by molar-refractivity contribution is 5.23. The van der Waals surface area contributed by atoms with Crippen molar-refractivity contribution >= 4 is 0 Å². The van der Waals surface area contributed by atoms with E-state index in [0.717, 1.165) is 13.0 Å². The zero-order valence-electron chi connectivity index (χ0n) is 13.2. The van der Waals surface area contributed by atoms with Gasteiger partial charge in [-0.3, -0.25) is 0 Å². The first-order chi connectivity index (χ1) is 9.60. The summed E-state index contributed by atoms with van der Waals surface area (Å²) in [4.78, 5) is 5.05. The minimum atomic E-state index is 0.162. The standard InChI is InChI=1S/C17H29N3/c1-4-16-13-20(12-11-19(16)3)10-9-17(18)15-7-5-14(2)6-8-15/h5-8,16-17H,4,9-13,18H2,1-3H3. The van der Waals surface area contributed by atoms with Gasteiger partial charge in [-0.15, -0.1) is 0 Å². The lowest BCUT2D eigenvalue weighted by Gasteiger charge is -2.39. The van der Waals surface area contributed by atoms with E-state index in [2.05, 4.69) is 55.0 Å². The largest absolute Gasteiger partial charge is 0.324 e. The molecule has 1 fully saturated rings. The average Bonchev–Trinajstić information content (AvgIpc) is 2.46. The van der Waals surface area contributed by atoms with Crippen LogP contribution in [0.2, 0.25) is 0 Å². The fourth-order valence-corrected chi connectivity index (χ4v) is 2.96. The third-order valence-electron chi connectivity index (χ3n) is 4.59. The monoisotopic (exact) mass is 275 g/mol. The molecule has 0 spiro atoms. The highest BCUT2D eigenvalue weighted by Crippen LogP contribution is 2.17. The third-order valence-corrected chi connectivity index (χ3v) is 4.59. The van der Waals surface area contributed by atoms with Crippen LogP contribution in [0, 0.1) is 6.92 Å². The molecule has 0 saturated carbocycles. The van der Waals surface area contributed by atoms with Crippen molar-refractivity contribution in [2.75, 3.05) is 33.2 Å². The summed E-state index contributed by atoms with van der Waals surface area (Å²) in [7, 11) is 2.24. The number of likely N-dealkylation sites (N-methyl/N-ethyl adjacent to an activating group) is 1. The van der Waals surface area contributed by atoms with Gasteiger partial charge >= 0.3 is 0 Å². The van der Waals surface area contributed by atoms with E-state index in [1.165, 1.54) is 37.2 Å². The van der Waals surface area contributed by atoms with Gasteiger partial charge < -0.3 is 15.5 Å². The molecular weight excluding hydrogens is 246 g/mol. The molecule has 1 aromatic carbocycles. The van der Waals surface area contributed by atoms with Crippen LogP contribution in [0.25, 0.3) is 0 Å². The Hall–Kier alpha value is -0.900. The van der Waals surface area contributed by atoms with Crippen LogP contribution in [-0.4, -0.2) is 49.1 Å². The van der Waals surface area contributed by atoms with Crippen LogP contribution in [0.1, 0.15) is 36.9 Å². The lowest BCUT2D eigenvalue weighted by atomic mass is 10.0. The number of benzene rings is 1. The molecule has 2 unspecified atom stereocenters. The van der Waals surface area contributed by atoms with E-state index in [1.54, 1.807) is 0 Å². The first kappa shape index (κ1) is 15.5. The van der Waals surface area contributed by atoms with Gasteiger partial charge in [-0.05, 0) is 32.4 Å². The van der Waals surface area contributed by atoms with Gasteiger partial charge in [0, 0.05) is 38.3 Å². The van der Waals surface area contributed by atoms with Crippen molar-refractivity contribution in [1.29, 1.82) is 0 Å². The molecule has 1 saturated heterocycles. The molecule has 20 heavy (non-hydrogen) atoms. The van der Waals surface area contributed by atoms with Crippen LogP contribution in [0.15, 0.2) is 24.3 Å². The Balaban J connectivity index is 1.81. The molecule has 3 nitrogen and oxygen atoms in total. The van der Waals surface area contributed by atoms with Gasteiger partial charge in [0.25, 0.3) is 0 Å². The SMILES string of the molecule is CCC1CN(CCC(N)c2ccc(C)cc2)CCN1C. The van der Waals surface area contributed by atoms with Crippen LogP contribution in [0.5, 0.6) is 0 Å². The Bertz CT molecular complexity index is 401. The lowest BCUT2D eigenvalue weighted by molar-refractivity contribution is 0.0911. The van der Waals surface area contributed by atoms with Crippen molar-refractivity contribution < 1.29 is 0 Å². The van der Waals surface area contributed by atoms with E-state index < -0.39 is 0 Å². The van der Waals surface area contributed by atoms with E-state index in [-0.39, 0.29) is 6.04 Å². The maximum absolute atomic E-state index is 6.32. The van der Waals surface area contributed by atoms with E-state index in [1.807, 2.05) is 0 Å². The number of hydrogen-bond donors (Lipinski definition) is 1.